The molecule has 0 fully saturated rings. The van der Waals surface area contributed by atoms with Crippen LogP contribution in [0, 0.1) is 0 Å². The van der Waals surface area contributed by atoms with Gasteiger partial charge in [0, 0.05) is 29.5 Å². The van der Waals surface area contributed by atoms with Crippen molar-refractivity contribution >= 4 is 23.0 Å². The van der Waals surface area contributed by atoms with Gasteiger partial charge in [-0.3, -0.25) is 0 Å². The number of hydrogen-bond acceptors (Lipinski definition) is 3. The first kappa shape index (κ1) is 17.5. The van der Waals surface area contributed by atoms with Gasteiger partial charge in [0.05, 0.1) is 6.54 Å². The summed E-state index contributed by atoms with van der Waals surface area (Å²) >= 11 is 5.87. The van der Waals surface area contributed by atoms with Gasteiger partial charge in [-0.05, 0) is 69.3 Å². The van der Waals surface area contributed by atoms with E-state index in [1.54, 1.807) is 0 Å². The minimum atomic E-state index is 0.0682. The zero-order chi connectivity index (χ0) is 16.7. The molecule has 2 aromatic rings. The van der Waals surface area contributed by atoms with Crippen LogP contribution in [0.3, 0.4) is 0 Å². The van der Waals surface area contributed by atoms with E-state index in [1.807, 2.05) is 31.2 Å². The Bertz CT molecular complexity index is 579. The van der Waals surface area contributed by atoms with Crippen molar-refractivity contribution in [2.75, 3.05) is 29.9 Å². The van der Waals surface area contributed by atoms with Gasteiger partial charge in [0.25, 0.3) is 0 Å². The minimum absolute atomic E-state index is 0.0682. The summed E-state index contributed by atoms with van der Waals surface area (Å²) in [7, 11) is 0. The predicted molar refractivity (Wildman–Crippen MR) is 100 cm³/mol. The molecule has 0 aliphatic carbocycles. The van der Waals surface area contributed by atoms with Crippen molar-refractivity contribution in [3.05, 3.63) is 53.6 Å². The van der Waals surface area contributed by atoms with Gasteiger partial charge < -0.3 is 15.0 Å². The second-order valence-electron chi connectivity index (χ2n) is 5.48. The predicted octanol–water partition coefficient (Wildman–Crippen LogP) is 5.07. The maximum atomic E-state index is 5.87. The molecule has 0 heterocycles. The van der Waals surface area contributed by atoms with E-state index in [2.05, 4.69) is 48.3 Å². The van der Waals surface area contributed by atoms with Crippen LogP contribution in [0.5, 0.6) is 5.75 Å². The summed E-state index contributed by atoms with van der Waals surface area (Å²) in [6.45, 7) is 9.18. The molecule has 124 valence electrons. The lowest BCUT2D eigenvalue weighted by Crippen LogP contribution is -2.23. The fourth-order valence-electron chi connectivity index (χ4n) is 2.43. The fourth-order valence-corrected chi connectivity index (χ4v) is 2.55. The molecule has 3 nitrogen and oxygen atoms in total. The Balaban J connectivity index is 1.84. The maximum absolute atomic E-state index is 5.87. The fraction of sp³-hybridized carbons (Fsp3) is 0.368. The van der Waals surface area contributed by atoms with Crippen molar-refractivity contribution in [1.82, 2.24) is 0 Å². The average Bonchev–Trinajstić information content (AvgIpc) is 2.57. The topological polar surface area (TPSA) is 24.5 Å². The first-order valence-electron chi connectivity index (χ1n) is 8.13. The molecule has 0 spiro atoms. The number of benzene rings is 2. The Kier molecular flexibility index (Phi) is 6.60. The second kappa shape index (κ2) is 8.68. The number of anilines is 2. The smallest absolute Gasteiger partial charge is 0.119 e. The van der Waals surface area contributed by atoms with Crippen LogP contribution < -0.4 is 15.0 Å². The second-order valence-corrected chi connectivity index (χ2v) is 5.92. The van der Waals surface area contributed by atoms with Gasteiger partial charge in [0.15, 0.2) is 0 Å². The highest BCUT2D eigenvalue weighted by Crippen LogP contribution is 2.19. The summed E-state index contributed by atoms with van der Waals surface area (Å²) in [5.41, 5.74) is 2.36. The van der Waals surface area contributed by atoms with Gasteiger partial charge in [-0.1, -0.05) is 11.6 Å². The molecule has 23 heavy (non-hydrogen) atoms. The number of halogens is 1. The summed E-state index contributed by atoms with van der Waals surface area (Å²) in [6.07, 6.45) is 0.0682. The Hall–Kier alpha value is -1.87. The van der Waals surface area contributed by atoms with E-state index >= 15 is 0 Å². The number of nitrogens with zero attached hydrogens (tertiary/aromatic N) is 1. The van der Waals surface area contributed by atoms with Gasteiger partial charge >= 0.3 is 0 Å². The molecule has 4 heteroatoms. The van der Waals surface area contributed by atoms with Crippen LogP contribution >= 0.6 is 11.6 Å². The molecule has 0 bridgehead atoms. The lowest BCUT2D eigenvalue weighted by Gasteiger charge is -2.21. The largest absolute Gasteiger partial charge is 0.489 e. The summed E-state index contributed by atoms with van der Waals surface area (Å²) < 4.78 is 5.86. The molecule has 0 saturated carbocycles. The molecule has 0 amide bonds. The van der Waals surface area contributed by atoms with Crippen LogP contribution in [0.2, 0.25) is 5.02 Å². The third kappa shape index (κ3) is 5.36. The van der Waals surface area contributed by atoms with Crippen molar-refractivity contribution in [3.63, 3.8) is 0 Å². The molecule has 0 aromatic heterocycles. The zero-order valence-corrected chi connectivity index (χ0v) is 14.8. The van der Waals surface area contributed by atoms with Crippen LogP contribution in [0.25, 0.3) is 0 Å². The molecule has 1 atom stereocenters. The number of ether oxygens (including phenoxy) is 1. The summed E-state index contributed by atoms with van der Waals surface area (Å²) in [5.74, 6) is 0.834. The van der Waals surface area contributed by atoms with Crippen LogP contribution in [-0.2, 0) is 0 Å². The van der Waals surface area contributed by atoms with Gasteiger partial charge in [-0.15, -0.1) is 0 Å². The van der Waals surface area contributed by atoms with Crippen molar-refractivity contribution in [1.29, 1.82) is 0 Å². The monoisotopic (exact) mass is 332 g/mol. The molecule has 0 saturated heterocycles. The van der Waals surface area contributed by atoms with Crippen LogP contribution in [0.1, 0.15) is 20.8 Å². The van der Waals surface area contributed by atoms with E-state index in [4.69, 9.17) is 16.3 Å². The standard InChI is InChI=1S/C19H25ClN2O/c1-4-22(5-2)18-10-8-17(9-11-18)21-14-15(3)23-19-12-6-16(20)7-13-19/h6-13,15,21H,4-5,14H2,1-3H3. The molecule has 0 aliphatic heterocycles. The van der Waals surface area contributed by atoms with Crippen molar-refractivity contribution < 1.29 is 4.74 Å². The van der Waals surface area contributed by atoms with E-state index in [0.717, 1.165) is 36.1 Å². The average molecular weight is 333 g/mol. The Morgan fingerprint density at radius 1 is 1.00 bits per heavy atom. The molecule has 1 unspecified atom stereocenters. The molecule has 2 aromatic carbocycles. The molecule has 2 rings (SSSR count). The molecule has 0 aliphatic rings. The summed E-state index contributed by atoms with van der Waals surface area (Å²) in [5, 5.41) is 4.13. The Morgan fingerprint density at radius 3 is 2.17 bits per heavy atom. The molecule has 1 N–H and O–H groups in total. The van der Waals surface area contributed by atoms with Gasteiger partial charge in [-0.25, -0.2) is 0 Å². The molecule has 0 radical (unpaired) electrons. The van der Waals surface area contributed by atoms with Crippen molar-refractivity contribution in [3.8, 4) is 5.75 Å². The lowest BCUT2D eigenvalue weighted by molar-refractivity contribution is 0.235. The number of hydrogen-bond donors (Lipinski definition) is 1. The van der Waals surface area contributed by atoms with E-state index in [-0.39, 0.29) is 6.10 Å². The maximum Gasteiger partial charge on any atom is 0.119 e. The summed E-state index contributed by atoms with van der Waals surface area (Å²) in [6, 6.07) is 16.0. The first-order chi connectivity index (χ1) is 11.1. The lowest BCUT2D eigenvalue weighted by atomic mass is 10.2. The van der Waals surface area contributed by atoms with E-state index in [1.165, 1.54) is 5.69 Å². The highest BCUT2D eigenvalue weighted by molar-refractivity contribution is 6.30. The molecular weight excluding hydrogens is 308 g/mol. The van der Waals surface area contributed by atoms with Crippen LogP contribution in [-0.4, -0.2) is 25.7 Å². The van der Waals surface area contributed by atoms with Crippen LogP contribution in [0.4, 0.5) is 11.4 Å². The highest BCUT2D eigenvalue weighted by atomic mass is 35.5. The van der Waals surface area contributed by atoms with Gasteiger partial charge in [0.2, 0.25) is 0 Å². The third-order valence-electron chi connectivity index (χ3n) is 3.74. The zero-order valence-electron chi connectivity index (χ0n) is 14.1. The highest BCUT2D eigenvalue weighted by Gasteiger charge is 2.05. The van der Waals surface area contributed by atoms with Crippen molar-refractivity contribution in [2.24, 2.45) is 0 Å². The third-order valence-corrected chi connectivity index (χ3v) is 3.99. The summed E-state index contributed by atoms with van der Waals surface area (Å²) in [4.78, 5) is 2.33. The van der Waals surface area contributed by atoms with Crippen LogP contribution in [0.15, 0.2) is 48.5 Å². The quantitative estimate of drug-likeness (QED) is 0.730. The van der Waals surface area contributed by atoms with Crippen molar-refractivity contribution in [2.45, 2.75) is 26.9 Å². The normalized spacial score (nSPS) is 11.8. The molecular formula is C19H25ClN2O. The SMILES string of the molecule is CCN(CC)c1ccc(NCC(C)Oc2ccc(Cl)cc2)cc1. The minimum Gasteiger partial charge on any atom is -0.489 e. The van der Waals surface area contributed by atoms with Gasteiger partial charge in [-0.2, -0.15) is 0 Å². The van der Waals surface area contributed by atoms with E-state index < -0.39 is 0 Å². The Morgan fingerprint density at radius 2 is 1.61 bits per heavy atom. The number of nitrogens with one attached hydrogen (secondary N) is 1. The first-order valence-corrected chi connectivity index (χ1v) is 8.51. The van der Waals surface area contributed by atoms with E-state index in [0.29, 0.717) is 0 Å². The number of rotatable bonds is 8. The Labute approximate surface area is 144 Å². The van der Waals surface area contributed by atoms with E-state index in [9.17, 15) is 0 Å². The van der Waals surface area contributed by atoms with Gasteiger partial charge in [0.1, 0.15) is 11.9 Å².